The van der Waals surface area contributed by atoms with Gasteiger partial charge >= 0.3 is 0 Å². The van der Waals surface area contributed by atoms with Crippen molar-refractivity contribution in [3.05, 3.63) is 41.6 Å². The zero-order chi connectivity index (χ0) is 16.1. The molecule has 0 atom stereocenters. The van der Waals surface area contributed by atoms with Gasteiger partial charge in [0.2, 0.25) is 0 Å². The number of primary sulfonamides is 1. The lowest BCUT2D eigenvalue weighted by molar-refractivity contribution is 0.584. The Hall–Kier alpha value is -2.46. The molecule has 2 N–H and O–H groups in total. The Morgan fingerprint density at radius 1 is 1.18 bits per heavy atom. The van der Waals surface area contributed by atoms with Crippen LogP contribution in [0.1, 0.15) is 5.69 Å². The van der Waals surface area contributed by atoms with Gasteiger partial charge in [0, 0.05) is 11.8 Å². The highest BCUT2D eigenvalue weighted by molar-refractivity contribution is 7.89. The number of rotatable bonds is 2. The molecule has 0 amide bonds. The van der Waals surface area contributed by atoms with Crippen molar-refractivity contribution < 1.29 is 17.2 Å². The fraction of sp³-hybridized carbons (Fsp3) is 0.0833. The third-order valence-corrected chi connectivity index (χ3v) is 3.56. The second-order valence-corrected chi connectivity index (χ2v) is 5.98. The summed E-state index contributed by atoms with van der Waals surface area (Å²) in [6.07, 6.45) is 0. The summed E-state index contributed by atoms with van der Waals surface area (Å²) in [6, 6.07) is 4.75. The minimum absolute atomic E-state index is 0.0641. The molecule has 2 heterocycles. The molecule has 3 aromatic rings. The van der Waals surface area contributed by atoms with Gasteiger partial charge in [-0.15, -0.1) is 5.10 Å². The van der Waals surface area contributed by atoms with Crippen molar-refractivity contribution >= 4 is 15.7 Å². The highest BCUT2D eigenvalue weighted by Crippen LogP contribution is 2.25. The molecule has 0 aliphatic heterocycles. The summed E-state index contributed by atoms with van der Waals surface area (Å²) >= 11 is 0. The molecule has 0 radical (unpaired) electrons. The van der Waals surface area contributed by atoms with Gasteiger partial charge in [-0.05, 0) is 19.1 Å². The highest BCUT2D eigenvalue weighted by atomic mass is 32.2. The van der Waals surface area contributed by atoms with E-state index in [1.165, 1.54) is 12.1 Å². The van der Waals surface area contributed by atoms with Crippen LogP contribution in [0.25, 0.3) is 17.0 Å². The van der Waals surface area contributed by atoms with E-state index in [-0.39, 0.29) is 11.5 Å². The molecule has 0 spiro atoms. The van der Waals surface area contributed by atoms with Crippen LogP contribution >= 0.6 is 0 Å². The Morgan fingerprint density at radius 2 is 1.82 bits per heavy atom. The summed E-state index contributed by atoms with van der Waals surface area (Å²) in [7, 11) is -4.16. The Morgan fingerprint density at radius 3 is 2.41 bits per heavy atom. The van der Waals surface area contributed by atoms with Gasteiger partial charge in [0.25, 0.3) is 15.2 Å². The molecule has 2 aromatic heterocycles. The number of aryl methyl sites for hydroxylation is 1. The normalized spacial score (nSPS) is 12.0. The average molecular weight is 325 g/mol. The Labute approximate surface area is 123 Å². The maximum Gasteiger partial charge on any atom is 0.282 e. The van der Waals surface area contributed by atoms with Crippen LogP contribution in [0.15, 0.2) is 29.4 Å². The molecule has 22 heavy (non-hydrogen) atoms. The monoisotopic (exact) mass is 325 g/mol. The SMILES string of the molecule is Cc1cc2nc(S(N)(=O)=O)nn2c(-c2c(F)cccc2F)n1. The molecule has 0 fully saturated rings. The molecule has 114 valence electrons. The zero-order valence-electron chi connectivity index (χ0n) is 11.2. The van der Waals surface area contributed by atoms with E-state index in [4.69, 9.17) is 5.14 Å². The number of benzene rings is 1. The van der Waals surface area contributed by atoms with Crippen molar-refractivity contribution in [1.82, 2.24) is 19.6 Å². The van der Waals surface area contributed by atoms with Crippen molar-refractivity contribution in [3.8, 4) is 11.4 Å². The number of halogens is 2. The first-order chi connectivity index (χ1) is 10.3. The number of aromatic nitrogens is 4. The van der Waals surface area contributed by atoms with Gasteiger partial charge in [0.05, 0.1) is 5.56 Å². The number of fused-ring (bicyclic) bond motifs is 1. The Balaban J connectivity index is 2.41. The molecule has 0 aliphatic rings. The molecule has 7 nitrogen and oxygen atoms in total. The van der Waals surface area contributed by atoms with Crippen LogP contribution < -0.4 is 5.14 Å². The molecule has 0 unspecified atom stereocenters. The summed E-state index contributed by atoms with van der Waals surface area (Å²) in [5.74, 6) is -1.91. The molecule has 0 aliphatic carbocycles. The predicted molar refractivity (Wildman–Crippen MR) is 72.2 cm³/mol. The van der Waals surface area contributed by atoms with Crippen LogP contribution in [-0.2, 0) is 10.0 Å². The van der Waals surface area contributed by atoms with Gasteiger partial charge in [0.15, 0.2) is 11.5 Å². The molecule has 0 bridgehead atoms. The second kappa shape index (κ2) is 4.78. The van der Waals surface area contributed by atoms with Crippen molar-refractivity contribution in [3.63, 3.8) is 0 Å². The van der Waals surface area contributed by atoms with Crippen LogP contribution in [0, 0.1) is 18.6 Å². The number of sulfonamides is 1. The van der Waals surface area contributed by atoms with E-state index in [0.717, 1.165) is 16.6 Å². The lowest BCUT2D eigenvalue weighted by Crippen LogP contribution is -2.14. The van der Waals surface area contributed by atoms with E-state index in [0.29, 0.717) is 5.69 Å². The van der Waals surface area contributed by atoms with E-state index >= 15 is 0 Å². The third-order valence-electron chi connectivity index (χ3n) is 2.87. The van der Waals surface area contributed by atoms with Crippen LogP contribution in [-0.4, -0.2) is 28.0 Å². The summed E-state index contributed by atoms with van der Waals surface area (Å²) in [5, 5.41) is 8.00. The van der Waals surface area contributed by atoms with Gasteiger partial charge in [0.1, 0.15) is 11.6 Å². The number of hydrogen-bond donors (Lipinski definition) is 1. The van der Waals surface area contributed by atoms with Crippen molar-refractivity contribution in [2.75, 3.05) is 0 Å². The van der Waals surface area contributed by atoms with E-state index in [2.05, 4.69) is 15.1 Å². The summed E-state index contributed by atoms with van der Waals surface area (Å²) in [4.78, 5) is 7.78. The van der Waals surface area contributed by atoms with E-state index in [1.54, 1.807) is 6.92 Å². The first-order valence-electron chi connectivity index (χ1n) is 5.99. The second-order valence-electron chi connectivity index (χ2n) is 4.53. The Kier molecular flexibility index (Phi) is 3.15. The number of hydrogen-bond acceptors (Lipinski definition) is 5. The van der Waals surface area contributed by atoms with E-state index in [9.17, 15) is 17.2 Å². The molecule has 1 aromatic carbocycles. The minimum Gasteiger partial charge on any atom is -0.233 e. The van der Waals surface area contributed by atoms with Gasteiger partial charge in [-0.25, -0.2) is 27.3 Å². The summed E-state index contributed by atoms with van der Waals surface area (Å²) in [6.45, 7) is 1.58. The smallest absolute Gasteiger partial charge is 0.233 e. The van der Waals surface area contributed by atoms with E-state index < -0.39 is 32.4 Å². The summed E-state index contributed by atoms with van der Waals surface area (Å²) in [5.41, 5.74) is 0.0229. The number of nitrogens with zero attached hydrogens (tertiary/aromatic N) is 4. The summed E-state index contributed by atoms with van der Waals surface area (Å²) < 4.78 is 51.5. The quantitative estimate of drug-likeness (QED) is 0.758. The van der Waals surface area contributed by atoms with Crippen LogP contribution in [0.2, 0.25) is 0 Å². The zero-order valence-corrected chi connectivity index (χ0v) is 12.0. The lowest BCUT2D eigenvalue weighted by atomic mass is 10.2. The molecule has 0 saturated heterocycles. The van der Waals surface area contributed by atoms with Gasteiger partial charge in [-0.2, -0.15) is 9.50 Å². The van der Waals surface area contributed by atoms with Gasteiger partial charge in [-0.3, -0.25) is 0 Å². The molecule has 0 saturated carbocycles. The van der Waals surface area contributed by atoms with Crippen LogP contribution in [0.3, 0.4) is 0 Å². The standard InChI is InChI=1S/C12H9F2N5O2S/c1-6-5-9-17-12(22(15,20)21)18-19(9)11(16-6)10-7(13)3-2-4-8(10)14/h2-5H,1H3,(H2,15,20,21). The lowest BCUT2D eigenvalue weighted by Gasteiger charge is -2.07. The Bertz CT molecular complexity index is 980. The van der Waals surface area contributed by atoms with Crippen molar-refractivity contribution in [2.24, 2.45) is 5.14 Å². The fourth-order valence-electron chi connectivity index (χ4n) is 1.98. The van der Waals surface area contributed by atoms with Crippen LogP contribution in [0.4, 0.5) is 8.78 Å². The molecule has 3 rings (SSSR count). The molecule has 10 heteroatoms. The first-order valence-corrected chi connectivity index (χ1v) is 7.53. The maximum absolute atomic E-state index is 14.0. The van der Waals surface area contributed by atoms with Gasteiger partial charge < -0.3 is 0 Å². The largest absolute Gasteiger partial charge is 0.282 e. The predicted octanol–water partition coefficient (Wildman–Crippen LogP) is 1.03. The van der Waals surface area contributed by atoms with Crippen LogP contribution in [0.5, 0.6) is 0 Å². The molecular weight excluding hydrogens is 316 g/mol. The average Bonchev–Trinajstić information content (AvgIpc) is 2.82. The van der Waals surface area contributed by atoms with Crippen molar-refractivity contribution in [2.45, 2.75) is 12.1 Å². The third kappa shape index (κ3) is 2.31. The molecular formula is C12H9F2N5O2S. The maximum atomic E-state index is 14.0. The fourth-order valence-corrected chi connectivity index (χ4v) is 2.40. The number of nitrogens with two attached hydrogens (primary N) is 1. The van der Waals surface area contributed by atoms with Crippen molar-refractivity contribution in [1.29, 1.82) is 0 Å². The van der Waals surface area contributed by atoms with Gasteiger partial charge in [-0.1, -0.05) is 6.07 Å². The minimum atomic E-state index is -4.16. The highest BCUT2D eigenvalue weighted by Gasteiger charge is 2.21. The first kappa shape index (κ1) is 14.5. The van der Waals surface area contributed by atoms with E-state index in [1.807, 2.05) is 0 Å². The topological polar surface area (TPSA) is 103 Å².